The highest BCUT2D eigenvalue weighted by Crippen LogP contribution is 2.16. The quantitative estimate of drug-likeness (QED) is 0.301. The number of terminal acetylenes is 1. The van der Waals surface area contributed by atoms with Crippen molar-refractivity contribution in [1.29, 1.82) is 0 Å². The minimum atomic E-state index is -1.45. The Morgan fingerprint density at radius 1 is 1.22 bits per heavy atom. The molecule has 0 aliphatic rings. The number of likely N-dealkylation sites (N-methyl/N-ethyl adjacent to an activating group) is 1. The van der Waals surface area contributed by atoms with E-state index >= 15 is 0 Å². The van der Waals surface area contributed by atoms with E-state index in [0.717, 1.165) is 0 Å². The Labute approximate surface area is 162 Å². The maximum absolute atomic E-state index is 12.8. The van der Waals surface area contributed by atoms with Gasteiger partial charge in [0, 0.05) is 13.5 Å². The Balaban J connectivity index is 5.65. The van der Waals surface area contributed by atoms with Gasteiger partial charge in [-0.15, -0.1) is 6.42 Å². The predicted molar refractivity (Wildman–Crippen MR) is 105 cm³/mol. The van der Waals surface area contributed by atoms with Gasteiger partial charge in [-0.3, -0.25) is 19.7 Å². The monoisotopic (exact) mass is 379 g/mol. The molecule has 0 aliphatic carbocycles. The smallest absolute Gasteiger partial charge is 0.257 e. The molecule has 0 saturated carbocycles. The molecule has 27 heavy (non-hydrogen) atoms. The van der Waals surface area contributed by atoms with Crippen LogP contribution in [0.4, 0.5) is 0 Å². The summed E-state index contributed by atoms with van der Waals surface area (Å²) in [4.78, 5) is 49.4. The van der Waals surface area contributed by atoms with Crippen LogP contribution >= 0.6 is 0 Å². The summed E-state index contributed by atoms with van der Waals surface area (Å²) in [7, 11) is 1.46. The van der Waals surface area contributed by atoms with E-state index in [0.29, 0.717) is 19.0 Å². The van der Waals surface area contributed by atoms with Gasteiger partial charge >= 0.3 is 0 Å². The second-order valence-corrected chi connectivity index (χ2v) is 7.55. The molecule has 0 rings (SSSR count). The first-order chi connectivity index (χ1) is 12.6. The summed E-state index contributed by atoms with van der Waals surface area (Å²) in [6.07, 6.45) is 7.94. The minimum Gasteiger partial charge on any atom is -0.329 e. The summed E-state index contributed by atoms with van der Waals surface area (Å²) in [6.45, 7) is 9.31. The zero-order chi connectivity index (χ0) is 21.2. The van der Waals surface area contributed by atoms with Crippen LogP contribution in [0.5, 0.6) is 0 Å². The molecule has 0 fully saturated rings. The second kappa shape index (κ2) is 11.5. The Hall–Kier alpha value is -2.20. The van der Waals surface area contributed by atoms with Gasteiger partial charge in [-0.2, -0.15) is 0 Å². The fourth-order valence-electron chi connectivity index (χ4n) is 2.74. The van der Waals surface area contributed by atoms with Gasteiger partial charge in [0.2, 0.25) is 5.91 Å². The lowest BCUT2D eigenvalue weighted by Gasteiger charge is -2.37. The fourth-order valence-corrected chi connectivity index (χ4v) is 2.74. The fraction of sp³-hybridized carbons (Fsp3) is 0.700. The average molecular weight is 380 g/mol. The molecular formula is C20H33N3O4. The van der Waals surface area contributed by atoms with Crippen molar-refractivity contribution in [3.05, 3.63) is 0 Å². The van der Waals surface area contributed by atoms with E-state index in [1.54, 1.807) is 0 Å². The highest BCUT2D eigenvalue weighted by atomic mass is 16.2. The van der Waals surface area contributed by atoms with E-state index < -0.39 is 23.7 Å². The minimum absolute atomic E-state index is 0.0474. The summed E-state index contributed by atoms with van der Waals surface area (Å²) in [6, 6.07) is -1.77. The van der Waals surface area contributed by atoms with Gasteiger partial charge in [0.25, 0.3) is 5.91 Å². The number of nitrogens with zero attached hydrogens (tertiary/aromatic N) is 1. The molecule has 3 atom stereocenters. The van der Waals surface area contributed by atoms with Crippen LogP contribution < -0.4 is 10.6 Å². The summed E-state index contributed by atoms with van der Waals surface area (Å²) >= 11 is 0. The number of rotatable bonds is 12. The molecule has 152 valence electrons. The van der Waals surface area contributed by atoms with Crippen LogP contribution in [0.2, 0.25) is 0 Å². The molecule has 0 heterocycles. The van der Waals surface area contributed by atoms with Crippen molar-refractivity contribution in [3.63, 3.8) is 0 Å². The number of carbonyl (C=O) groups is 4. The van der Waals surface area contributed by atoms with E-state index in [1.165, 1.54) is 11.9 Å². The van der Waals surface area contributed by atoms with Crippen molar-refractivity contribution >= 4 is 24.4 Å². The highest BCUT2D eigenvalue weighted by molar-refractivity contribution is 5.92. The summed E-state index contributed by atoms with van der Waals surface area (Å²) in [5, 5.41) is 5.61. The van der Waals surface area contributed by atoms with Crippen molar-refractivity contribution < 1.29 is 19.2 Å². The molecule has 7 nitrogen and oxygen atoms in total. The summed E-state index contributed by atoms with van der Waals surface area (Å²) in [5.74, 6) is 1.38. The van der Waals surface area contributed by atoms with Gasteiger partial charge in [-0.1, -0.05) is 40.5 Å². The summed E-state index contributed by atoms with van der Waals surface area (Å²) < 4.78 is 0. The maximum Gasteiger partial charge on any atom is 0.257 e. The van der Waals surface area contributed by atoms with Crippen LogP contribution in [0, 0.1) is 24.2 Å². The lowest BCUT2D eigenvalue weighted by Crippen LogP contribution is -2.66. The van der Waals surface area contributed by atoms with Gasteiger partial charge in [0.1, 0.15) is 11.9 Å². The molecule has 0 aliphatic heterocycles. The Morgan fingerprint density at radius 3 is 2.19 bits per heavy atom. The molecule has 0 aromatic heterocycles. The maximum atomic E-state index is 12.8. The predicted octanol–water partition coefficient (Wildman–Crippen LogP) is 1.12. The molecule has 0 bridgehead atoms. The van der Waals surface area contributed by atoms with Crippen LogP contribution in [-0.2, 0) is 19.2 Å². The van der Waals surface area contributed by atoms with Crippen molar-refractivity contribution in [2.24, 2.45) is 11.8 Å². The molecule has 0 aromatic rings. The number of carbonyl (C=O) groups excluding carboxylic acids is 4. The van der Waals surface area contributed by atoms with Crippen LogP contribution in [0.1, 0.15) is 53.9 Å². The number of hydrogen-bond acceptors (Lipinski definition) is 5. The molecule has 0 saturated heterocycles. The van der Waals surface area contributed by atoms with E-state index in [1.807, 2.05) is 34.6 Å². The van der Waals surface area contributed by atoms with Crippen molar-refractivity contribution in [2.45, 2.75) is 71.6 Å². The Bertz CT molecular complexity index is 568. The number of nitrogens with one attached hydrogen (secondary N) is 2. The molecular weight excluding hydrogens is 346 g/mol. The SMILES string of the molecule is C#CC(C(=O)NC(C=O)(CC(C)C)NC(C=O)C(C)C)N(C)C(=O)CCC. The molecule has 2 amide bonds. The Kier molecular flexibility index (Phi) is 10.6. The van der Waals surface area contributed by atoms with Gasteiger partial charge < -0.3 is 15.0 Å². The van der Waals surface area contributed by atoms with Crippen LogP contribution in [0.3, 0.4) is 0 Å². The lowest BCUT2D eigenvalue weighted by atomic mass is 9.94. The van der Waals surface area contributed by atoms with Crippen molar-refractivity contribution in [3.8, 4) is 12.3 Å². The van der Waals surface area contributed by atoms with E-state index in [9.17, 15) is 19.2 Å². The molecule has 3 unspecified atom stereocenters. The van der Waals surface area contributed by atoms with Gasteiger partial charge in [0.05, 0.1) is 6.04 Å². The van der Waals surface area contributed by atoms with Gasteiger partial charge in [-0.05, 0) is 24.7 Å². The molecule has 0 radical (unpaired) electrons. The zero-order valence-corrected chi connectivity index (χ0v) is 17.2. The normalized spacial score (nSPS) is 15.4. The van der Waals surface area contributed by atoms with E-state index in [2.05, 4.69) is 16.6 Å². The molecule has 7 heteroatoms. The second-order valence-electron chi connectivity index (χ2n) is 7.55. The lowest BCUT2D eigenvalue weighted by molar-refractivity contribution is -0.139. The van der Waals surface area contributed by atoms with Gasteiger partial charge in [0.15, 0.2) is 12.3 Å². The zero-order valence-electron chi connectivity index (χ0n) is 17.2. The third-order valence-corrected chi connectivity index (χ3v) is 4.22. The molecule has 0 aromatic carbocycles. The molecule has 0 spiro atoms. The van der Waals surface area contributed by atoms with Crippen LogP contribution in [0.15, 0.2) is 0 Å². The summed E-state index contributed by atoms with van der Waals surface area (Å²) in [5.41, 5.74) is -1.45. The number of amides is 2. The van der Waals surface area contributed by atoms with Gasteiger partial charge in [-0.25, -0.2) is 0 Å². The van der Waals surface area contributed by atoms with Crippen LogP contribution in [0.25, 0.3) is 0 Å². The first-order valence-corrected chi connectivity index (χ1v) is 9.30. The average Bonchev–Trinajstić information content (AvgIpc) is 2.59. The number of aldehydes is 2. The third-order valence-electron chi connectivity index (χ3n) is 4.22. The largest absolute Gasteiger partial charge is 0.329 e. The van der Waals surface area contributed by atoms with Crippen molar-refractivity contribution in [2.75, 3.05) is 7.05 Å². The third kappa shape index (κ3) is 7.51. The first-order valence-electron chi connectivity index (χ1n) is 9.30. The Morgan fingerprint density at radius 2 is 1.81 bits per heavy atom. The highest BCUT2D eigenvalue weighted by Gasteiger charge is 2.38. The van der Waals surface area contributed by atoms with Crippen LogP contribution in [-0.4, -0.2) is 54.1 Å². The van der Waals surface area contributed by atoms with E-state index in [4.69, 9.17) is 6.42 Å². The molecule has 2 N–H and O–H groups in total. The topological polar surface area (TPSA) is 95.6 Å². The number of hydrogen-bond donors (Lipinski definition) is 2. The standard InChI is InChI=1S/C20H33N3O4/c1-8-10-18(26)23(7)17(9-2)19(27)22-20(13-25,11-14(3)4)21-16(12-24)15(5)6/h2,12-17,21H,8,10-11H2,1,3-7H3,(H,22,27). The first kappa shape index (κ1) is 24.8. The van der Waals surface area contributed by atoms with E-state index in [-0.39, 0.29) is 30.6 Å². The van der Waals surface area contributed by atoms with Crippen molar-refractivity contribution in [1.82, 2.24) is 15.5 Å².